The molecule has 0 aliphatic carbocycles. The van der Waals surface area contributed by atoms with Crippen LogP contribution >= 0.6 is 27.3 Å². The van der Waals surface area contributed by atoms with E-state index in [2.05, 4.69) is 26.0 Å². The highest BCUT2D eigenvalue weighted by molar-refractivity contribution is 9.11. The zero-order valence-corrected chi connectivity index (χ0v) is 16.2. The van der Waals surface area contributed by atoms with Gasteiger partial charge in [0.1, 0.15) is 9.97 Å². The van der Waals surface area contributed by atoms with Crippen molar-refractivity contribution in [2.45, 2.75) is 24.6 Å². The van der Waals surface area contributed by atoms with Crippen LogP contribution in [0, 0.1) is 13.8 Å². The van der Waals surface area contributed by atoms with Crippen LogP contribution in [-0.4, -0.2) is 49.0 Å². The lowest BCUT2D eigenvalue weighted by molar-refractivity contribution is 0.181. The molecule has 0 aromatic carbocycles. The number of nitrogens with zero attached hydrogens (tertiary/aromatic N) is 3. The van der Waals surface area contributed by atoms with Crippen LogP contribution in [-0.2, 0) is 16.6 Å². The molecule has 6 nitrogen and oxygen atoms in total. The summed E-state index contributed by atoms with van der Waals surface area (Å²) >= 11 is 4.57. The molecule has 0 atom stereocenters. The Morgan fingerprint density at radius 3 is 2.48 bits per heavy atom. The summed E-state index contributed by atoms with van der Waals surface area (Å²) in [5.74, 6) is 0.834. The Bertz CT molecular complexity index is 773. The first-order valence-corrected chi connectivity index (χ1v) is 10.3. The van der Waals surface area contributed by atoms with Gasteiger partial charge in [0.2, 0.25) is 0 Å². The van der Waals surface area contributed by atoms with E-state index < -0.39 is 10.0 Å². The van der Waals surface area contributed by atoms with Crippen LogP contribution in [0.3, 0.4) is 0 Å². The average Bonchev–Trinajstić information content (AvgIpc) is 3.09. The van der Waals surface area contributed by atoms with Crippen molar-refractivity contribution in [3.63, 3.8) is 0 Å². The first-order valence-electron chi connectivity index (χ1n) is 7.27. The maximum atomic E-state index is 12.6. The van der Waals surface area contributed by atoms with E-state index in [0.29, 0.717) is 30.4 Å². The summed E-state index contributed by atoms with van der Waals surface area (Å²) in [5, 5.41) is 3.97. The lowest BCUT2D eigenvalue weighted by Gasteiger charge is -2.33. The van der Waals surface area contributed by atoms with Gasteiger partial charge in [-0.2, -0.15) is 4.31 Å². The number of hydrogen-bond acceptors (Lipinski definition) is 6. The maximum absolute atomic E-state index is 12.6. The molecule has 9 heteroatoms. The molecule has 0 saturated carbocycles. The monoisotopic (exact) mass is 419 g/mol. The van der Waals surface area contributed by atoms with E-state index >= 15 is 0 Å². The molecule has 0 N–H and O–H groups in total. The predicted octanol–water partition coefficient (Wildman–Crippen LogP) is 2.62. The van der Waals surface area contributed by atoms with Gasteiger partial charge in [0.25, 0.3) is 10.0 Å². The van der Waals surface area contributed by atoms with Gasteiger partial charge in [0.15, 0.2) is 0 Å². The number of thiophene rings is 1. The molecule has 0 amide bonds. The minimum absolute atomic E-state index is 0.392. The molecule has 23 heavy (non-hydrogen) atoms. The Morgan fingerprint density at radius 1 is 1.26 bits per heavy atom. The normalized spacial score (nSPS) is 17.7. The summed E-state index contributed by atoms with van der Waals surface area (Å²) in [5.41, 5.74) is 2.00. The molecule has 1 aliphatic heterocycles. The lowest BCUT2D eigenvalue weighted by Crippen LogP contribution is -2.48. The fourth-order valence-corrected chi connectivity index (χ4v) is 6.23. The van der Waals surface area contributed by atoms with Gasteiger partial charge in [-0.1, -0.05) is 5.16 Å². The van der Waals surface area contributed by atoms with Gasteiger partial charge < -0.3 is 4.52 Å². The molecule has 126 valence electrons. The van der Waals surface area contributed by atoms with Crippen molar-refractivity contribution in [1.82, 2.24) is 14.4 Å². The van der Waals surface area contributed by atoms with Crippen LogP contribution in [0.1, 0.15) is 17.0 Å². The minimum Gasteiger partial charge on any atom is -0.361 e. The molecule has 1 fully saturated rings. The number of piperazine rings is 1. The Morgan fingerprint density at radius 2 is 1.96 bits per heavy atom. The smallest absolute Gasteiger partial charge is 0.252 e. The molecular weight excluding hydrogens is 402 g/mol. The van der Waals surface area contributed by atoms with Gasteiger partial charge in [0, 0.05) is 38.3 Å². The van der Waals surface area contributed by atoms with Crippen molar-refractivity contribution >= 4 is 37.3 Å². The molecule has 2 aromatic rings. The van der Waals surface area contributed by atoms with Gasteiger partial charge >= 0.3 is 0 Å². The summed E-state index contributed by atoms with van der Waals surface area (Å²) in [6.07, 6.45) is 0. The Balaban J connectivity index is 1.64. The van der Waals surface area contributed by atoms with E-state index in [-0.39, 0.29) is 0 Å². The Labute approximate surface area is 148 Å². The SMILES string of the molecule is Cc1noc(C)c1CN1CCN(S(=O)(=O)c2ccc(Br)s2)CC1. The van der Waals surface area contributed by atoms with Gasteiger partial charge in [-0.25, -0.2) is 8.42 Å². The second-order valence-corrected chi connectivity index (χ2v) is 10.2. The van der Waals surface area contributed by atoms with Crippen LogP contribution in [0.2, 0.25) is 0 Å². The molecule has 2 aromatic heterocycles. The summed E-state index contributed by atoms with van der Waals surface area (Å²) < 4.78 is 33.2. The summed E-state index contributed by atoms with van der Waals surface area (Å²) in [6, 6.07) is 3.42. The number of hydrogen-bond donors (Lipinski definition) is 0. The zero-order valence-electron chi connectivity index (χ0n) is 13.0. The van der Waals surface area contributed by atoms with Gasteiger partial charge in [-0.15, -0.1) is 11.3 Å². The Hall–Kier alpha value is -0.740. The highest BCUT2D eigenvalue weighted by atomic mass is 79.9. The molecule has 0 bridgehead atoms. The standard InChI is InChI=1S/C14H18BrN3O3S2/c1-10-12(11(2)21-16-10)9-17-5-7-18(8-6-17)23(19,20)14-4-3-13(15)22-14/h3-4H,5-9H2,1-2H3. The molecule has 1 aliphatic rings. The second-order valence-electron chi connectivity index (χ2n) is 5.54. The number of sulfonamides is 1. The number of rotatable bonds is 4. The quantitative estimate of drug-likeness (QED) is 0.761. The topological polar surface area (TPSA) is 66.7 Å². The van der Waals surface area contributed by atoms with Crippen LogP contribution in [0.15, 0.2) is 24.7 Å². The highest BCUT2D eigenvalue weighted by Crippen LogP contribution is 2.29. The van der Waals surface area contributed by atoms with E-state index in [4.69, 9.17) is 4.52 Å². The van der Waals surface area contributed by atoms with Crippen LogP contribution < -0.4 is 0 Å². The molecule has 0 spiro atoms. The van der Waals surface area contributed by atoms with Crippen molar-refractivity contribution in [1.29, 1.82) is 0 Å². The van der Waals surface area contributed by atoms with E-state index in [0.717, 1.165) is 27.3 Å². The number of aromatic nitrogens is 1. The fraction of sp³-hybridized carbons (Fsp3) is 0.500. The van der Waals surface area contributed by atoms with Gasteiger partial charge in [-0.05, 0) is 41.9 Å². The minimum atomic E-state index is -3.38. The third kappa shape index (κ3) is 3.53. The number of aryl methyl sites for hydroxylation is 2. The highest BCUT2D eigenvalue weighted by Gasteiger charge is 2.30. The van der Waals surface area contributed by atoms with Crippen molar-refractivity contribution in [3.8, 4) is 0 Å². The molecule has 3 heterocycles. The molecule has 1 saturated heterocycles. The van der Waals surface area contributed by atoms with E-state index in [1.165, 1.54) is 11.3 Å². The fourth-order valence-electron chi connectivity index (χ4n) is 2.64. The molecule has 0 unspecified atom stereocenters. The van der Waals surface area contributed by atoms with Crippen molar-refractivity contribution < 1.29 is 12.9 Å². The summed E-state index contributed by atoms with van der Waals surface area (Å²) in [4.78, 5) is 2.24. The average molecular weight is 420 g/mol. The second kappa shape index (κ2) is 6.64. The zero-order chi connectivity index (χ0) is 16.6. The third-order valence-electron chi connectivity index (χ3n) is 4.04. The van der Waals surface area contributed by atoms with Crippen LogP contribution in [0.25, 0.3) is 0 Å². The number of halogens is 1. The molecular formula is C14H18BrN3O3S2. The molecule has 3 rings (SSSR count). The first kappa shape index (κ1) is 17.1. The van der Waals surface area contributed by atoms with Crippen LogP contribution in [0.4, 0.5) is 0 Å². The van der Waals surface area contributed by atoms with Crippen molar-refractivity contribution in [2.24, 2.45) is 0 Å². The predicted molar refractivity (Wildman–Crippen MR) is 92.0 cm³/mol. The Kier molecular flexibility index (Phi) is 4.93. The first-order chi connectivity index (χ1) is 10.9. The van der Waals surface area contributed by atoms with Crippen LogP contribution in [0.5, 0.6) is 0 Å². The largest absolute Gasteiger partial charge is 0.361 e. The lowest BCUT2D eigenvalue weighted by atomic mass is 10.2. The van der Waals surface area contributed by atoms with E-state index in [1.54, 1.807) is 16.4 Å². The maximum Gasteiger partial charge on any atom is 0.252 e. The summed E-state index contributed by atoms with van der Waals surface area (Å²) in [6.45, 7) is 7.00. The third-order valence-corrected chi connectivity index (χ3v) is 8.03. The van der Waals surface area contributed by atoms with Crippen molar-refractivity contribution in [3.05, 3.63) is 32.9 Å². The van der Waals surface area contributed by atoms with E-state index in [9.17, 15) is 8.42 Å². The molecule has 0 radical (unpaired) electrons. The summed E-state index contributed by atoms with van der Waals surface area (Å²) in [7, 11) is -3.38. The van der Waals surface area contributed by atoms with Crippen molar-refractivity contribution in [2.75, 3.05) is 26.2 Å². The van der Waals surface area contributed by atoms with Gasteiger partial charge in [0.05, 0.1) is 9.48 Å². The van der Waals surface area contributed by atoms with Gasteiger partial charge in [-0.3, -0.25) is 4.90 Å². The van der Waals surface area contributed by atoms with E-state index in [1.807, 2.05) is 13.8 Å².